The fourth-order valence-corrected chi connectivity index (χ4v) is 1.78. The lowest BCUT2D eigenvalue weighted by atomic mass is 10.1. The van der Waals surface area contributed by atoms with Gasteiger partial charge in [0.1, 0.15) is 0 Å². The molecule has 0 N–H and O–H groups in total. The van der Waals surface area contributed by atoms with Crippen LogP contribution >= 0.6 is 0 Å². The van der Waals surface area contributed by atoms with Crippen molar-refractivity contribution in [3.63, 3.8) is 0 Å². The lowest BCUT2D eigenvalue weighted by molar-refractivity contribution is -0.308. The molecule has 2 heteroatoms. The van der Waals surface area contributed by atoms with Crippen LogP contribution in [0.1, 0.15) is 17.9 Å². The average molecular weight is 182 g/mol. The monoisotopic (exact) mass is 181 g/mol. The minimum absolute atomic E-state index is 0.0798. The van der Waals surface area contributed by atoms with E-state index >= 15 is 0 Å². The first-order valence-corrected chi connectivity index (χ1v) is 4.45. The molecule has 12 heavy (non-hydrogen) atoms. The molecule has 1 saturated carbocycles. The van der Waals surface area contributed by atoms with E-state index in [0.29, 0.717) is 5.92 Å². The zero-order valence-electron chi connectivity index (χ0n) is 6.57. The summed E-state index contributed by atoms with van der Waals surface area (Å²) >= 11 is 4.60. The Kier molecular flexibility index (Phi) is 1.89. The summed E-state index contributed by atoms with van der Waals surface area (Å²) in [5, 5.41) is -0.0798. The van der Waals surface area contributed by atoms with Gasteiger partial charge in [0, 0.05) is 5.92 Å². The van der Waals surface area contributed by atoms with Gasteiger partial charge in [-0.05, 0) is 12.0 Å². The predicted molar refractivity (Wildman–Crippen MR) is 43.7 cm³/mol. The van der Waals surface area contributed by atoms with Gasteiger partial charge in [-0.3, -0.25) is 0 Å². The molecule has 0 spiro atoms. The molecule has 1 fully saturated rings. The lowest BCUT2D eigenvalue weighted by Crippen LogP contribution is -1.95. The van der Waals surface area contributed by atoms with Crippen LogP contribution in [0, 0.1) is 17.5 Å². The van der Waals surface area contributed by atoms with Crippen molar-refractivity contribution in [2.24, 2.45) is 5.92 Å². The van der Waals surface area contributed by atoms with Crippen LogP contribution in [0.4, 0.5) is 0 Å². The zero-order chi connectivity index (χ0) is 8.55. The van der Waals surface area contributed by atoms with E-state index in [1.165, 1.54) is 5.56 Å². The van der Waals surface area contributed by atoms with E-state index in [9.17, 15) is 4.79 Å². The molecule has 2 rings (SSSR count). The molecule has 1 aromatic carbocycles. The lowest BCUT2D eigenvalue weighted by Gasteiger charge is -1.93. The summed E-state index contributed by atoms with van der Waals surface area (Å²) < 4.78 is 0. The van der Waals surface area contributed by atoms with Gasteiger partial charge in [-0.1, -0.05) is 30.3 Å². The first kappa shape index (κ1) is 7.81. The Morgan fingerprint density at radius 2 is 2.00 bits per heavy atom. The second kappa shape index (κ2) is 2.91. The quantitative estimate of drug-likeness (QED) is 0.634. The molecule has 0 radical (unpaired) electrons. The van der Waals surface area contributed by atoms with Crippen LogP contribution in [-0.2, 0) is 4.79 Å². The van der Waals surface area contributed by atoms with E-state index in [2.05, 4.69) is 23.7 Å². The third-order valence-corrected chi connectivity index (χ3v) is 2.62. The van der Waals surface area contributed by atoms with Gasteiger partial charge in [-0.2, -0.15) is 0 Å². The van der Waals surface area contributed by atoms with Crippen LogP contribution in [-0.4, -0.2) is 5.24 Å². The van der Waals surface area contributed by atoms with Gasteiger partial charge in [0.25, 0.3) is 0 Å². The number of carbonyl (C=O) groups is 1. The SMILES string of the molecule is O=C([ClH+])[C@@H]1CC1c1ccccc1. The van der Waals surface area contributed by atoms with Gasteiger partial charge in [0.05, 0.1) is 5.92 Å². The summed E-state index contributed by atoms with van der Waals surface area (Å²) in [6, 6.07) is 10.1. The van der Waals surface area contributed by atoms with Crippen molar-refractivity contribution < 1.29 is 16.4 Å². The standard InChI is InChI=1S/C10H10ClO/c11-10(12)9-6-8(9)7-4-2-1-3-5-7/h1-5,8-9,11H,6H2/q+1/t8?,9-/m1/s1. The maximum atomic E-state index is 10.8. The van der Waals surface area contributed by atoms with E-state index in [1.54, 1.807) is 0 Å². The van der Waals surface area contributed by atoms with Crippen LogP contribution in [0.25, 0.3) is 0 Å². The number of rotatable bonds is 2. The molecule has 0 saturated heterocycles. The third-order valence-electron chi connectivity index (χ3n) is 2.32. The minimum Gasteiger partial charge on any atom is -0.225 e. The topological polar surface area (TPSA) is 17.1 Å². The minimum atomic E-state index is -0.0798. The Balaban J connectivity index is 2.11. The maximum absolute atomic E-state index is 10.8. The fraction of sp³-hybridized carbons (Fsp3) is 0.300. The van der Waals surface area contributed by atoms with Crippen LogP contribution in [0.2, 0.25) is 0 Å². The molecule has 2 atom stereocenters. The van der Waals surface area contributed by atoms with E-state index in [4.69, 9.17) is 0 Å². The summed E-state index contributed by atoms with van der Waals surface area (Å²) in [6.45, 7) is 0. The van der Waals surface area contributed by atoms with Crippen molar-refractivity contribution in [1.82, 2.24) is 0 Å². The van der Waals surface area contributed by atoms with Gasteiger partial charge in [-0.15, -0.1) is 0 Å². The van der Waals surface area contributed by atoms with Gasteiger partial charge in [-0.25, -0.2) is 4.79 Å². The van der Waals surface area contributed by atoms with E-state index < -0.39 is 0 Å². The van der Waals surface area contributed by atoms with Crippen molar-refractivity contribution in [1.29, 1.82) is 0 Å². The van der Waals surface area contributed by atoms with Crippen LogP contribution in [0.5, 0.6) is 0 Å². The first-order chi connectivity index (χ1) is 5.79. The molecule has 0 aliphatic heterocycles. The van der Waals surface area contributed by atoms with Crippen molar-refractivity contribution in [3.8, 4) is 0 Å². The molecular weight excluding hydrogens is 172 g/mol. The Morgan fingerprint density at radius 3 is 2.50 bits per heavy atom. The molecule has 1 aromatic rings. The number of hydrogen-bond donors (Lipinski definition) is 0. The highest BCUT2D eigenvalue weighted by Crippen LogP contribution is 2.47. The Hall–Kier alpha value is -0.820. The first-order valence-electron chi connectivity index (χ1n) is 4.05. The van der Waals surface area contributed by atoms with Gasteiger partial charge in [0.2, 0.25) is 0 Å². The second-order valence-corrected chi connectivity index (χ2v) is 3.58. The molecule has 0 aromatic heterocycles. The molecule has 1 aliphatic carbocycles. The van der Waals surface area contributed by atoms with Gasteiger partial charge >= 0.3 is 5.24 Å². The number of halogens is 1. The highest BCUT2D eigenvalue weighted by atomic mass is 35.5. The van der Waals surface area contributed by atoms with Crippen molar-refractivity contribution in [3.05, 3.63) is 35.9 Å². The molecule has 1 nitrogen and oxygen atoms in total. The summed E-state index contributed by atoms with van der Waals surface area (Å²) in [5.74, 6) is 0.540. The second-order valence-electron chi connectivity index (χ2n) is 3.18. The van der Waals surface area contributed by atoms with Gasteiger partial charge in [0.15, 0.2) is 11.6 Å². The number of hydrogen-bond acceptors (Lipinski definition) is 1. The summed E-state index contributed by atoms with van der Waals surface area (Å²) in [4.78, 5) is 10.8. The highest BCUT2D eigenvalue weighted by molar-refractivity contribution is 5.73. The Morgan fingerprint density at radius 1 is 1.33 bits per heavy atom. The molecule has 1 aliphatic rings. The number of benzene rings is 1. The molecule has 0 heterocycles. The van der Waals surface area contributed by atoms with E-state index in [-0.39, 0.29) is 11.2 Å². The smallest absolute Gasteiger partial charge is 0.225 e. The van der Waals surface area contributed by atoms with Crippen molar-refractivity contribution in [2.75, 3.05) is 0 Å². The zero-order valence-corrected chi connectivity index (χ0v) is 7.38. The highest BCUT2D eigenvalue weighted by Gasteiger charge is 2.47. The summed E-state index contributed by atoms with van der Waals surface area (Å²) in [7, 11) is 0. The molecule has 0 amide bonds. The average Bonchev–Trinajstić information content (AvgIpc) is 2.84. The maximum Gasteiger partial charge on any atom is 0.402 e. The van der Waals surface area contributed by atoms with Crippen molar-refractivity contribution >= 4 is 5.24 Å². The van der Waals surface area contributed by atoms with Gasteiger partial charge < -0.3 is 0 Å². The van der Waals surface area contributed by atoms with Crippen molar-refractivity contribution in [2.45, 2.75) is 12.3 Å². The third kappa shape index (κ3) is 1.37. The van der Waals surface area contributed by atoms with Crippen LogP contribution < -0.4 is 0 Å². The molecule has 62 valence electrons. The molecular formula is C10H10ClO+. The summed E-state index contributed by atoms with van der Waals surface area (Å²) in [6.07, 6.45) is 0.951. The Bertz CT molecular complexity index is 294. The van der Waals surface area contributed by atoms with E-state index in [0.717, 1.165) is 6.42 Å². The van der Waals surface area contributed by atoms with Crippen LogP contribution in [0.3, 0.4) is 0 Å². The Labute approximate surface area is 76.4 Å². The largest absolute Gasteiger partial charge is 0.402 e. The molecule has 1 unspecified atom stereocenters. The normalized spacial score (nSPS) is 26.8. The summed E-state index contributed by atoms with van der Waals surface area (Å²) in [5.41, 5.74) is 1.25. The predicted octanol–water partition coefficient (Wildman–Crippen LogP) is 1.60. The number of carbonyl (C=O) groups excluding carboxylic acids is 1. The molecule has 0 bridgehead atoms. The van der Waals surface area contributed by atoms with E-state index in [1.807, 2.05) is 18.2 Å². The van der Waals surface area contributed by atoms with Crippen LogP contribution in [0.15, 0.2) is 30.3 Å². The fourth-order valence-electron chi connectivity index (χ4n) is 1.52.